The average molecular weight is 409 g/mol. The standard InChI is InChI=1S/C19H14F3NO4S/c20-19(21,22)27-16-7-3-6-15(10-16)18(24)12-23-28(25,26)17-9-8-13-4-1-2-5-14(13)11-17/h1-11,23H,12H2. The van der Waals surface area contributed by atoms with Gasteiger partial charge >= 0.3 is 6.36 Å². The Morgan fingerprint density at radius 1 is 0.929 bits per heavy atom. The highest BCUT2D eigenvalue weighted by atomic mass is 32.2. The van der Waals surface area contributed by atoms with Crippen LogP contribution < -0.4 is 9.46 Å². The number of ether oxygens (including phenoxy) is 1. The Hall–Kier alpha value is -2.91. The molecule has 9 heteroatoms. The fourth-order valence-corrected chi connectivity index (χ4v) is 3.56. The number of fused-ring (bicyclic) bond motifs is 1. The summed E-state index contributed by atoms with van der Waals surface area (Å²) in [6.07, 6.45) is -4.89. The van der Waals surface area contributed by atoms with Crippen LogP contribution in [0.5, 0.6) is 5.75 Å². The number of ketones is 1. The van der Waals surface area contributed by atoms with Gasteiger partial charge in [0.1, 0.15) is 5.75 Å². The van der Waals surface area contributed by atoms with Gasteiger partial charge in [-0.05, 0) is 35.0 Å². The topological polar surface area (TPSA) is 72.5 Å². The summed E-state index contributed by atoms with van der Waals surface area (Å²) in [6.45, 7) is -0.607. The lowest BCUT2D eigenvalue weighted by atomic mass is 10.1. The van der Waals surface area contributed by atoms with Gasteiger partial charge in [0, 0.05) is 5.56 Å². The van der Waals surface area contributed by atoms with Crippen LogP contribution in [0.3, 0.4) is 0 Å². The van der Waals surface area contributed by atoms with Crippen LogP contribution in [0.15, 0.2) is 71.6 Å². The Labute approximate surface area is 158 Å². The Bertz CT molecular complexity index is 1130. The molecular weight excluding hydrogens is 395 g/mol. The maximum atomic E-state index is 12.4. The monoisotopic (exact) mass is 409 g/mol. The Kier molecular flexibility index (Phi) is 5.39. The normalized spacial score (nSPS) is 12.1. The number of rotatable bonds is 6. The van der Waals surface area contributed by atoms with E-state index < -0.39 is 34.5 Å². The molecule has 0 heterocycles. The van der Waals surface area contributed by atoms with Crippen LogP contribution in [0.1, 0.15) is 10.4 Å². The lowest BCUT2D eigenvalue weighted by Crippen LogP contribution is -2.29. The SMILES string of the molecule is O=C(CNS(=O)(=O)c1ccc2ccccc2c1)c1cccc(OC(F)(F)F)c1. The molecule has 0 aliphatic carbocycles. The van der Waals surface area contributed by atoms with Crippen molar-refractivity contribution in [2.45, 2.75) is 11.3 Å². The molecule has 5 nitrogen and oxygen atoms in total. The van der Waals surface area contributed by atoms with E-state index in [1.165, 1.54) is 24.3 Å². The lowest BCUT2D eigenvalue weighted by Gasteiger charge is -2.10. The predicted octanol–water partition coefficient (Wildman–Crippen LogP) is 3.90. The second-order valence-electron chi connectivity index (χ2n) is 5.83. The van der Waals surface area contributed by atoms with E-state index in [9.17, 15) is 26.4 Å². The number of hydrogen-bond acceptors (Lipinski definition) is 4. The highest BCUT2D eigenvalue weighted by molar-refractivity contribution is 7.89. The van der Waals surface area contributed by atoms with Crippen LogP contribution in [0.4, 0.5) is 13.2 Å². The van der Waals surface area contributed by atoms with Crippen LogP contribution in [-0.4, -0.2) is 27.1 Å². The zero-order valence-corrected chi connectivity index (χ0v) is 15.0. The molecule has 0 atom stereocenters. The molecule has 0 bridgehead atoms. The summed E-state index contributed by atoms with van der Waals surface area (Å²) >= 11 is 0. The summed E-state index contributed by atoms with van der Waals surface area (Å²) in [5, 5.41) is 1.58. The average Bonchev–Trinajstić information content (AvgIpc) is 2.64. The smallest absolute Gasteiger partial charge is 0.406 e. The van der Waals surface area contributed by atoms with Gasteiger partial charge in [-0.15, -0.1) is 13.2 Å². The molecule has 0 unspecified atom stereocenters. The van der Waals surface area contributed by atoms with Crippen LogP contribution in [0.2, 0.25) is 0 Å². The van der Waals surface area contributed by atoms with Gasteiger partial charge in [0.2, 0.25) is 10.0 Å². The van der Waals surface area contributed by atoms with E-state index in [0.29, 0.717) is 5.39 Å². The molecule has 0 aliphatic rings. The molecule has 0 amide bonds. The summed E-state index contributed by atoms with van der Waals surface area (Å²) in [5.74, 6) is -1.26. The molecule has 0 aliphatic heterocycles. The van der Waals surface area contributed by atoms with Crippen molar-refractivity contribution in [3.05, 3.63) is 72.3 Å². The van der Waals surface area contributed by atoms with E-state index in [0.717, 1.165) is 17.5 Å². The molecule has 0 spiro atoms. The molecule has 0 fully saturated rings. The zero-order chi connectivity index (χ0) is 20.4. The first-order chi connectivity index (χ1) is 13.1. The number of carbonyl (C=O) groups excluding carboxylic acids is 1. The maximum absolute atomic E-state index is 12.4. The second kappa shape index (κ2) is 7.61. The van der Waals surface area contributed by atoms with Crippen molar-refractivity contribution >= 4 is 26.6 Å². The van der Waals surface area contributed by atoms with E-state index in [1.807, 2.05) is 12.1 Å². The largest absolute Gasteiger partial charge is 0.573 e. The van der Waals surface area contributed by atoms with Gasteiger partial charge in [0.05, 0.1) is 11.4 Å². The molecule has 0 radical (unpaired) electrons. The predicted molar refractivity (Wildman–Crippen MR) is 96.6 cm³/mol. The van der Waals surface area contributed by atoms with Gasteiger partial charge in [-0.2, -0.15) is 0 Å². The molecule has 3 rings (SSSR count). The van der Waals surface area contributed by atoms with Crippen molar-refractivity contribution in [3.8, 4) is 5.75 Å². The molecule has 1 N–H and O–H groups in total. The summed E-state index contributed by atoms with van der Waals surface area (Å²) in [4.78, 5) is 12.2. The van der Waals surface area contributed by atoms with Gasteiger partial charge in [-0.1, -0.05) is 42.5 Å². The molecule has 28 heavy (non-hydrogen) atoms. The number of carbonyl (C=O) groups is 1. The Morgan fingerprint density at radius 2 is 1.64 bits per heavy atom. The van der Waals surface area contributed by atoms with Crippen LogP contribution in [0, 0.1) is 0 Å². The number of sulfonamides is 1. The van der Waals surface area contributed by atoms with Gasteiger partial charge in [0.15, 0.2) is 5.78 Å². The molecule has 146 valence electrons. The van der Waals surface area contributed by atoms with Crippen LogP contribution in [0.25, 0.3) is 10.8 Å². The van der Waals surface area contributed by atoms with Crippen molar-refractivity contribution in [2.75, 3.05) is 6.54 Å². The molecule has 3 aromatic rings. The third-order valence-corrected chi connectivity index (χ3v) is 5.24. The van der Waals surface area contributed by atoms with E-state index in [2.05, 4.69) is 9.46 Å². The Balaban J connectivity index is 1.73. The van der Waals surface area contributed by atoms with E-state index in [-0.39, 0.29) is 10.5 Å². The first-order valence-corrected chi connectivity index (χ1v) is 9.50. The van der Waals surface area contributed by atoms with Gasteiger partial charge in [0.25, 0.3) is 0 Å². The highest BCUT2D eigenvalue weighted by Gasteiger charge is 2.31. The summed E-state index contributed by atoms with van der Waals surface area (Å²) in [7, 11) is -3.98. The van der Waals surface area contributed by atoms with Crippen molar-refractivity contribution in [1.29, 1.82) is 0 Å². The van der Waals surface area contributed by atoms with Gasteiger partial charge in [-0.25, -0.2) is 13.1 Å². The lowest BCUT2D eigenvalue weighted by molar-refractivity contribution is -0.274. The van der Waals surface area contributed by atoms with E-state index in [4.69, 9.17) is 0 Å². The van der Waals surface area contributed by atoms with Crippen molar-refractivity contribution in [3.63, 3.8) is 0 Å². The fourth-order valence-electron chi connectivity index (χ4n) is 2.55. The minimum absolute atomic E-state index is 0.0202. The fraction of sp³-hybridized carbons (Fsp3) is 0.105. The minimum atomic E-state index is -4.89. The summed E-state index contributed by atoms with van der Waals surface area (Å²) in [5.41, 5.74) is -0.108. The van der Waals surface area contributed by atoms with Gasteiger partial charge in [-0.3, -0.25) is 4.79 Å². The number of Topliss-reactive ketones (excluding diaryl/α,β-unsaturated/α-hetero) is 1. The number of halogens is 3. The minimum Gasteiger partial charge on any atom is -0.406 e. The second-order valence-corrected chi connectivity index (χ2v) is 7.60. The zero-order valence-electron chi connectivity index (χ0n) is 14.2. The van der Waals surface area contributed by atoms with Gasteiger partial charge < -0.3 is 4.74 Å². The number of nitrogens with one attached hydrogen (secondary N) is 1. The number of alkyl halides is 3. The highest BCUT2D eigenvalue weighted by Crippen LogP contribution is 2.23. The van der Waals surface area contributed by atoms with E-state index in [1.54, 1.807) is 18.2 Å². The maximum Gasteiger partial charge on any atom is 0.573 e. The summed E-state index contributed by atoms with van der Waals surface area (Å²) < 4.78 is 67.6. The van der Waals surface area contributed by atoms with Crippen molar-refractivity contribution < 1.29 is 31.1 Å². The van der Waals surface area contributed by atoms with Crippen LogP contribution >= 0.6 is 0 Å². The molecule has 0 aromatic heterocycles. The number of hydrogen-bond donors (Lipinski definition) is 1. The quantitative estimate of drug-likeness (QED) is 0.627. The first kappa shape index (κ1) is 19.8. The molecule has 0 saturated heterocycles. The molecular formula is C19H14F3NO4S. The van der Waals surface area contributed by atoms with Crippen molar-refractivity contribution in [2.24, 2.45) is 0 Å². The molecule has 0 saturated carbocycles. The Morgan fingerprint density at radius 3 is 2.36 bits per heavy atom. The van der Waals surface area contributed by atoms with E-state index >= 15 is 0 Å². The van der Waals surface area contributed by atoms with Crippen molar-refractivity contribution in [1.82, 2.24) is 4.72 Å². The number of benzene rings is 3. The third-order valence-electron chi connectivity index (χ3n) is 3.84. The summed E-state index contributed by atoms with van der Waals surface area (Å²) in [6, 6.07) is 16.1. The molecule has 3 aromatic carbocycles. The first-order valence-electron chi connectivity index (χ1n) is 8.01. The van der Waals surface area contributed by atoms with Crippen LogP contribution in [-0.2, 0) is 10.0 Å². The third kappa shape index (κ3) is 4.87.